The lowest BCUT2D eigenvalue weighted by molar-refractivity contribution is 0.0697. The number of aromatic carboxylic acids is 1. The molecule has 6 nitrogen and oxygen atoms in total. The number of ether oxygens (including phenoxy) is 1. The lowest BCUT2D eigenvalue weighted by atomic mass is 10.2. The maximum absolute atomic E-state index is 10.8. The van der Waals surface area contributed by atoms with Gasteiger partial charge in [-0.15, -0.1) is 10.2 Å². The molecular weight excluding hydrogens is 314 g/mol. The van der Waals surface area contributed by atoms with Crippen molar-refractivity contribution in [3.8, 4) is 5.75 Å². The van der Waals surface area contributed by atoms with Gasteiger partial charge >= 0.3 is 5.97 Å². The molecule has 124 valence electrons. The van der Waals surface area contributed by atoms with Gasteiger partial charge in [0.15, 0.2) is 5.16 Å². The van der Waals surface area contributed by atoms with Crippen molar-refractivity contribution in [3.05, 3.63) is 35.7 Å². The van der Waals surface area contributed by atoms with E-state index in [0.717, 1.165) is 36.0 Å². The zero-order valence-electron chi connectivity index (χ0n) is 13.4. The molecule has 0 saturated carbocycles. The standard InChI is InChI=1S/C16H21N3O3S/c1-3-5-14-17-18-16(19(14)2)23-11-4-10-22-13-8-6-12(7-9-13)15(20)21/h6-9H,3-5,10-11H2,1-2H3,(H,20,21). The smallest absolute Gasteiger partial charge is 0.335 e. The highest BCUT2D eigenvalue weighted by Crippen LogP contribution is 2.18. The van der Waals surface area contributed by atoms with Crippen LogP contribution in [0.1, 0.15) is 35.9 Å². The number of thioether (sulfide) groups is 1. The molecule has 1 heterocycles. The van der Waals surface area contributed by atoms with Gasteiger partial charge in [0.2, 0.25) is 0 Å². The Bertz CT molecular complexity index is 641. The van der Waals surface area contributed by atoms with E-state index < -0.39 is 5.97 Å². The topological polar surface area (TPSA) is 77.2 Å². The van der Waals surface area contributed by atoms with Gasteiger partial charge in [-0.3, -0.25) is 0 Å². The zero-order valence-corrected chi connectivity index (χ0v) is 14.2. The number of carboxylic acid groups (broad SMARTS) is 1. The Morgan fingerprint density at radius 3 is 2.70 bits per heavy atom. The van der Waals surface area contributed by atoms with Gasteiger partial charge in [0.1, 0.15) is 11.6 Å². The largest absolute Gasteiger partial charge is 0.494 e. The van der Waals surface area contributed by atoms with Crippen molar-refractivity contribution in [1.29, 1.82) is 0 Å². The van der Waals surface area contributed by atoms with E-state index in [1.165, 1.54) is 0 Å². The van der Waals surface area contributed by atoms with Crippen LogP contribution in [0.3, 0.4) is 0 Å². The molecule has 0 radical (unpaired) electrons. The fourth-order valence-corrected chi connectivity index (χ4v) is 2.86. The van der Waals surface area contributed by atoms with Gasteiger partial charge in [0, 0.05) is 19.2 Å². The monoisotopic (exact) mass is 335 g/mol. The van der Waals surface area contributed by atoms with Gasteiger partial charge < -0.3 is 14.4 Å². The second kappa shape index (κ2) is 8.57. The molecule has 1 aromatic heterocycles. The molecule has 1 aromatic carbocycles. The highest BCUT2D eigenvalue weighted by molar-refractivity contribution is 7.99. The van der Waals surface area contributed by atoms with E-state index in [2.05, 4.69) is 17.1 Å². The first-order valence-corrected chi connectivity index (χ1v) is 8.57. The van der Waals surface area contributed by atoms with Crippen molar-refractivity contribution in [2.24, 2.45) is 7.05 Å². The Hall–Kier alpha value is -2.02. The number of rotatable bonds is 9. The second-order valence-electron chi connectivity index (χ2n) is 5.09. The third kappa shape index (κ3) is 4.99. The van der Waals surface area contributed by atoms with E-state index in [1.807, 2.05) is 11.6 Å². The molecule has 2 aromatic rings. The summed E-state index contributed by atoms with van der Waals surface area (Å²) < 4.78 is 7.64. The van der Waals surface area contributed by atoms with E-state index in [0.29, 0.717) is 12.4 Å². The van der Waals surface area contributed by atoms with Crippen LogP contribution in [0.2, 0.25) is 0 Å². The Morgan fingerprint density at radius 1 is 1.30 bits per heavy atom. The Balaban J connectivity index is 1.70. The fourth-order valence-electron chi connectivity index (χ4n) is 2.02. The first-order chi connectivity index (χ1) is 11.1. The lowest BCUT2D eigenvalue weighted by Crippen LogP contribution is -2.01. The van der Waals surface area contributed by atoms with Crippen LogP contribution in [0.15, 0.2) is 29.4 Å². The summed E-state index contributed by atoms with van der Waals surface area (Å²) in [6, 6.07) is 6.44. The van der Waals surface area contributed by atoms with Gasteiger partial charge in [0.05, 0.1) is 12.2 Å². The minimum absolute atomic E-state index is 0.262. The molecule has 0 atom stereocenters. The molecule has 0 bridgehead atoms. The molecule has 2 rings (SSSR count). The molecule has 0 aliphatic rings. The molecule has 23 heavy (non-hydrogen) atoms. The van der Waals surface area contributed by atoms with Gasteiger partial charge in [0.25, 0.3) is 0 Å². The number of carboxylic acids is 1. The maximum atomic E-state index is 10.8. The molecule has 0 saturated heterocycles. The van der Waals surface area contributed by atoms with E-state index in [9.17, 15) is 4.79 Å². The molecule has 7 heteroatoms. The maximum Gasteiger partial charge on any atom is 0.335 e. The number of benzene rings is 1. The summed E-state index contributed by atoms with van der Waals surface area (Å²) in [6.45, 7) is 2.71. The molecule has 0 spiro atoms. The van der Waals surface area contributed by atoms with Crippen molar-refractivity contribution in [3.63, 3.8) is 0 Å². The number of hydrogen-bond donors (Lipinski definition) is 1. The molecule has 0 fully saturated rings. The quantitative estimate of drug-likeness (QED) is 0.561. The second-order valence-corrected chi connectivity index (χ2v) is 6.15. The van der Waals surface area contributed by atoms with E-state index >= 15 is 0 Å². The molecule has 0 aliphatic heterocycles. The fraction of sp³-hybridized carbons (Fsp3) is 0.438. The highest BCUT2D eigenvalue weighted by atomic mass is 32.2. The lowest BCUT2D eigenvalue weighted by Gasteiger charge is -2.06. The van der Waals surface area contributed by atoms with Crippen LogP contribution in [0.25, 0.3) is 0 Å². The predicted molar refractivity (Wildman–Crippen MR) is 89.2 cm³/mol. The number of carbonyl (C=O) groups is 1. The van der Waals surface area contributed by atoms with Crippen molar-refractivity contribution in [2.45, 2.75) is 31.3 Å². The number of nitrogens with zero attached hydrogens (tertiary/aromatic N) is 3. The van der Waals surface area contributed by atoms with Crippen molar-refractivity contribution < 1.29 is 14.6 Å². The van der Waals surface area contributed by atoms with E-state index in [-0.39, 0.29) is 5.56 Å². The summed E-state index contributed by atoms with van der Waals surface area (Å²) in [5.74, 6) is 1.67. The van der Waals surface area contributed by atoms with Crippen LogP contribution >= 0.6 is 11.8 Å². The number of aryl methyl sites for hydroxylation is 1. The molecule has 0 aliphatic carbocycles. The van der Waals surface area contributed by atoms with Crippen molar-refractivity contribution in [2.75, 3.05) is 12.4 Å². The summed E-state index contributed by atoms with van der Waals surface area (Å²) in [6.07, 6.45) is 2.88. The summed E-state index contributed by atoms with van der Waals surface area (Å²) in [4.78, 5) is 10.8. The Morgan fingerprint density at radius 2 is 2.04 bits per heavy atom. The van der Waals surface area contributed by atoms with Crippen LogP contribution in [0.5, 0.6) is 5.75 Å². The summed E-state index contributed by atoms with van der Waals surface area (Å²) in [5, 5.41) is 18.1. The summed E-state index contributed by atoms with van der Waals surface area (Å²) in [7, 11) is 1.99. The van der Waals surface area contributed by atoms with Crippen LogP contribution < -0.4 is 4.74 Å². The molecule has 0 unspecified atom stereocenters. The first kappa shape index (κ1) is 17.3. The molecule has 1 N–H and O–H groups in total. The van der Waals surface area contributed by atoms with Crippen LogP contribution in [-0.2, 0) is 13.5 Å². The predicted octanol–water partition coefficient (Wildman–Crippen LogP) is 3.03. The van der Waals surface area contributed by atoms with Gasteiger partial charge in [-0.2, -0.15) is 0 Å². The normalized spacial score (nSPS) is 10.7. The van der Waals surface area contributed by atoms with Crippen LogP contribution in [0, 0.1) is 0 Å². The molecular formula is C16H21N3O3S. The summed E-state index contributed by atoms with van der Waals surface area (Å²) in [5.41, 5.74) is 0.262. The first-order valence-electron chi connectivity index (χ1n) is 7.59. The highest BCUT2D eigenvalue weighted by Gasteiger charge is 2.08. The molecule has 0 amide bonds. The average molecular weight is 335 g/mol. The van der Waals surface area contributed by atoms with E-state index in [1.54, 1.807) is 36.0 Å². The van der Waals surface area contributed by atoms with Crippen LogP contribution in [-0.4, -0.2) is 38.2 Å². The minimum Gasteiger partial charge on any atom is -0.494 e. The Kier molecular flexibility index (Phi) is 6.46. The van der Waals surface area contributed by atoms with Gasteiger partial charge in [-0.05, 0) is 37.1 Å². The van der Waals surface area contributed by atoms with Gasteiger partial charge in [-0.1, -0.05) is 18.7 Å². The third-order valence-corrected chi connectivity index (χ3v) is 4.40. The van der Waals surface area contributed by atoms with Crippen molar-refractivity contribution in [1.82, 2.24) is 14.8 Å². The zero-order chi connectivity index (χ0) is 16.7. The average Bonchev–Trinajstić information content (AvgIpc) is 2.89. The van der Waals surface area contributed by atoms with Crippen molar-refractivity contribution >= 4 is 17.7 Å². The minimum atomic E-state index is -0.931. The van der Waals surface area contributed by atoms with E-state index in [4.69, 9.17) is 9.84 Å². The SMILES string of the molecule is CCCc1nnc(SCCCOc2ccc(C(=O)O)cc2)n1C. The van der Waals surface area contributed by atoms with Gasteiger partial charge in [-0.25, -0.2) is 4.79 Å². The number of hydrogen-bond acceptors (Lipinski definition) is 5. The summed E-state index contributed by atoms with van der Waals surface area (Å²) >= 11 is 1.67. The number of aromatic nitrogens is 3. The third-order valence-electron chi connectivity index (χ3n) is 3.29. The Labute approximate surface area is 139 Å². The van der Waals surface area contributed by atoms with Crippen LogP contribution in [0.4, 0.5) is 0 Å².